The van der Waals surface area contributed by atoms with Gasteiger partial charge in [-0.05, 0) is 43.7 Å². The molecule has 26 heavy (non-hydrogen) atoms. The molecule has 2 aromatic heterocycles. The van der Waals surface area contributed by atoms with Gasteiger partial charge in [-0.15, -0.1) is 10.2 Å². The first-order chi connectivity index (χ1) is 12.6. The van der Waals surface area contributed by atoms with Gasteiger partial charge in [0.1, 0.15) is 5.76 Å². The van der Waals surface area contributed by atoms with Crippen LogP contribution in [0.3, 0.4) is 0 Å². The molecule has 3 heterocycles. The highest BCUT2D eigenvalue weighted by atomic mass is 79.9. The molecule has 0 spiro atoms. The third-order valence-corrected chi connectivity index (χ3v) is 5.38. The van der Waals surface area contributed by atoms with E-state index in [0.717, 1.165) is 33.7 Å². The summed E-state index contributed by atoms with van der Waals surface area (Å²) in [6, 6.07) is 9.73. The number of hydrogen-bond acceptors (Lipinski definition) is 7. The number of thioether (sulfide) groups is 1. The van der Waals surface area contributed by atoms with Crippen LogP contribution in [0.4, 0.5) is 5.69 Å². The Hall–Kier alpha value is -2.06. The Kier molecular flexibility index (Phi) is 4.86. The molecule has 0 amide bonds. The molecule has 4 rings (SSSR count). The van der Waals surface area contributed by atoms with E-state index in [2.05, 4.69) is 43.4 Å². The lowest BCUT2D eigenvalue weighted by atomic mass is 10.1. The van der Waals surface area contributed by atoms with Crippen molar-refractivity contribution in [2.24, 2.45) is 0 Å². The molecular formula is C18H17BrN4O2S. The van der Waals surface area contributed by atoms with Crippen LogP contribution in [0.2, 0.25) is 0 Å². The zero-order chi connectivity index (χ0) is 18.1. The number of ether oxygens (including phenoxy) is 1. The van der Waals surface area contributed by atoms with E-state index in [1.807, 2.05) is 37.3 Å². The highest BCUT2D eigenvalue weighted by molar-refractivity contribution is 9.10. The predicted molar refractivity (Wildman–Crippen MR) is 104 cm³/mol. The number of aromatic nitrogens is 3. The van der Waals surface area contributed by atoms with E-state index in [4.69, 9.17) is 9.15 Å². The molecule has 0 bridgehead atoms. The predicted octanol–water partition coefficient (Wildman–Crippen LogP) is 5.21. The summed E-state index contributed by atoms with van der Waals surface area (Å²) in [4.78, 5) is 4.59. The minimum atomic E-state index is -0.495. The van der Waals surface area contributed by atoms with Gasteiger partial charge in [-0.1, -0.05) is 34.6 Å². The summed E-state index contributed by atoms with van der Waals surface area (Å²) in [6.45, 7) is 4.02. The molecule has 3 aromatic rings. The summed E-state index contributed by atoms with van der Waals surface area (Å²) >= 11 is 5.09. The number of aryl methyl sites for hydroxylation is 1. The molecular weight excluding hydrogens is 416 g/mol. The van der Waals surface area contributed by atoms with Crippen LogP contribution in [0.1, 0.15) is 31.1 Å². The van der Waals surface area contributed by atoms with Crippen LogP contribution in [-0.2, 0) is 0 Å². The van der Waals surface area contributed by atoms with Crippen LogP contribution in [-0.4, -0.2) is 20.9 Å². The number of nitrogens with one attached hydrogen (secondary N) is 1. The molecule has 1 aliphatic rings. The Balaban J connectivity index is 1.81. The lowest BCUT2D eigenvalue weighted by Crippen LogP contribution is -2.16. The van der Waals surface area contributed by atoms with E-state index < -0.39 is 6.23 Å². The fourth-order valence-electron chi connectivity index (χ4n) is 2.65. The van der Waals surface area contributed by atoms with E-state index in [1.165, 1.54) is 0 Å². The first-order valence-corrected chi connectivity index (χ1v) is 10.1. The largest absolute Gasteiger partial charge is 0.460 e. The van der Waals surface area contributed by atoms with Crippen molar-refractivity contribution in [2.75, 3.05) is 11.1 Å². The minimum absolute atomic E-state index is 0.446. The van der Waals surface area contributed by atoms with E-state index >= 15 is 0 Å². The van der Waals surface area contributed by atoms with E-state index in [9.17, 15) is 0 Å². The van der Waals surface area contributed by atoms with Gasteiger partial charge in [0.15, 0.2) is 11.5 Å². The van der Waals surface area contributed by atoms with Gasteiger partial charge in [0.05, 0.1) is 0 Å². The van der Waals surface area contributed by atoms with E-state index in [1.54, 1.807) is 11.8 Å². The van der Waals surface area contributed by atoms with Gasteiger partial charge < -0.3 is 14.5 Å². The molecule has 1 N–H and O–H groups in total. The Morgan fingerprint density at radius 1 is 1.23 bits per heavy atom. The van der Waals surface area contributed by atoms with Crippen molar-refractivity contribution in [3.05, 3.63) is 46.3 Å². The summed E-state index contributed by atoms with van der Waals surface area (Å²) in [7, 11) is 0. The second-order valence-corrected chi connectivity index (χ2v) is 7.85. The van der Waals surface area contributed by atoms with Crippen molar-refractivity contribution in [1.82, 2.24) is 15.2 Å². The van der Waals surface area contributed by atoms with Crippen molar-refractivity contribution < 1.29 is 9.15 Å². The van der Waals surface area contributed by atoms with E-state index in [0.29, 0.717) is 22.5 Å². The number of furan rings is 1. The standard InChI is InChI=1S/C18H17BrN4O2S/c1-3-8-26-18-21-17-15(22-23-18)12-9-11(19)5-6-13(12)20-16(25-17)14-7-4-10(2)24-14/h4-7,9,16,20H,3,8H2,1-2H3/t16-/m1/s1. The fourth-order valence-corrected chi connectivity index (χ4v) is 3.64. The maximum atomic E-state index is 6.15. The van der Waals surface area contributed by atoms with Gasteiger partial charge in [0.2, 0.25) is 17.3 Å². The number of fused-ring (bicyclic) bond motifs is 3. The molecule has 0 fully saturated rings. The molecule has 1 aromatic carbocycles. The number of anilines is 1. The van der Waals surface area contributed by atoms with Crippen LogP contribution in [0.15, 0.2) is 44.4 Å². The zero-order valence-electron chi connectivity index (χ0n) is 14.3. The zero-order valence-corrected chi connectivity index (χ0v) is 16.7. The smallest absolute Gasteiger partial charge is 0.247 e. The topological polar surface area (TPSA) is 73.1 Å². The fraction of sp³-hybridized carbons (Fsp3) is 0.278. The van der Waals surface area contributed by atoms with E-state index in [-0.39, 0.29) is 0 Å². The average molecular weight is 433 g/mol. The number of rotatable bonds is 4. The van der Waals surface area contributed by atoms with Gasteiger partial charge in [-0.25, -0.2) is 0 Å². The second-order valence-electron chi connectivity index (χ2n) is 5.88. The lowest BCUT2D eigenvalue weighted by Gasteiger charge is -2.16. The molecule has 1 atom stereocenters. The molecule has 0 radical (unpaired) electrons. The summed E-state index contributed by atoms with van der Waals surface area (Å²) in [5.41, 5.74) is 2.38. The Morgan fingerprint density at radius 2 is 2.12 bits per heavy atom. The third kappa shape index (κ3) is 3.43. The molecule has 134 valence electrons. The van der Waals surface area contributed by atoms with Crippen LogP contribution in [0.25, 0.3) is 11.3 Å². The maximum Gasteiger partial charge on any atom is 0.247 e. The molecule has 1 aliphatic heterocycles. The number of nitrogens with zero attached hydrogens (tertiary/aromatic N) is 3. The third-order valence-electron chi connectivity index (χ3n) is 3.84. The van der Waals surface area contributed by atoms with Crippen LogP contribution in [0, 0.1) is 6.92 Å². The normalized spacial score (nSPS) is 15.4. The quantitative estimate of drug-likeness (QED) is 0.567. The number of halogens is 1. The van der Waals surface area contributed by atoms with Crippen molar-refractivity contribution in [1.29, 1.82) is 0 Å². The van der Waals surface area contributed by atoms with Crippen LogP contribution >= 0.6 is 27.7 Å². The molecule has 8 heteroatoms. The Morgan fingerprint density at radius 3 is 2.88 bits per heavy atom. The monoisotopic (exact) mass is 432 g/mol. The van der Waals surface area contributed by atoms with Gasteiger partial charge in [0, 0.05) is 21.5 Å². The second kappa shape index (κ2) is 7.28. The maximum absolute atomic E-state index is 6.15. The highest BCUT2D eigenvalue weighted by Crippen LogP contribution is 2.41. The summed E-state index contributed by atoms with van der Waals surface area (Å²) < 4.78 is 12.9. The van der Waals surface area contributed by atoms with Gasteiger partial charge in [-0.3, -0.25) is 0 Å². The van der Waals surface area contributed by atoms with Crippen molar-refractivity contribution in [3.63, 3.8) is 0 Å². The molecule has 0 saturated carbocycles. The molecule has 0 aliphatic carbocycles. The average Bonchev–Trinajstić information content (AvgIpc) is 3.00. The number of benzene rings is 1. The summed E-state index contributed by atoms with van der Waals surface area (Å²) in [5.74, 6) is 2.89. The number of hydrogen-bond donors (Lipinski definition) is 1. The highest BCUT2D eigenvalue weighted by Gasteiger charge is 2.28. The lowest BCUT2D eigenvalue weighted by molar-refractivity contribution is 0.194. The molecule has 6 nitrogen and oxygen atoms in total. The minimum Gasteiger partial charge on any atom is -0.460 e. The Bertz CT molecular complexity index is 947. The van der Waals surface area contributed by atoms with Crippen molar-refractivity contribution in [2.45, 2.75) is 31.7 Å². The van der Waals surface area contributed by atoms with Crippen molar-refractivity contribution in [3.8, 4) is 17.1 Å². The Labute approximate surface area is 163 Å². The molecule has 0 unspecified atom stereocenters. The molecule has 0 saturated heterocycles. The summed E-state index contributed by atoms with van der Waals surface area (Å²) in [5, 5.41) is 12.6. The first kappa shape index (κ1) is 17.4. The van der Waals surface area contributed by atoms with Crippen LogP contribution in [0.5, 0.6) is 5.88 Å². The summed E-state index contributed by atoms with van der Waals surface area (Å²) in [6.07, 6.45) is 0.544. The van der Waals surface area contributed by atoms with Crippen molar-refractivity contribution >= 4 is 33.4 Å². The van der Waals surface area contributed by atoms with Gasteiger partial charge >= 0.3 is 0 Å². The first-order valence-electron chi connectivity index (χ1n) is 8.31. The van der Waals surface area contributed by atoms with Crippen LogP contribution < -0.4 is 10.1 Å². The van der Waals surface area contributed by atoms with Gasteiger partial charge in [-0.2, -0.15) is 4.98 Å². The van der Waals surface area contributed by atoms with Gasteiger partial charge in [0.25, 0.3) is 0 Å². The SMILES string of the molecule is CCCSc1nnc2c(n1)O[C@H](c1ccc(C)o1)Nc1ccc(Br)cc1-2.